The standard InChI is InChI=1S/C17H34FNS/c1-5-19-11-9-15(10-12-19)17(3,18)20(4)16-8-6-7-14(2)13-16/h14-16,20H,5-13H2,1-4H3. The predicted octanol–water partition coefficient (Wildman–Crippen LogP) is 4.61. The van der Waals surface area contributed by atoms with Gasteiger partial charge < -0.3 is 4.90 Å². The molecule has 0 radical (unpaired) electrons. The van der Waals surface area contributed by atoms with Crippen molar-refractivity contribution in [2.75, 3.05) is 25.9 Å². The van der Waals surface area contributed by atoms with Crippen molar-refractivity contribution in [1.82, 2.24) is 4.90 Å². The number of nitrogens with zero attached hydrogens (tertiary/aromatic N) is 1. The van der Waals surface area contributed by atoms with Gasteiger partial charge in [-0.15, -0.1) is 0 Å². The summed E-state index contributed by atoms with van der Waals surface area (Å²) >= 11 is 0. The van der Waals surface area contributed by atoms with E-state index in [1.165, 1.54) is 25.7 Å². The second-order valence-corrected chi connectivity index (χ2v) is 10.1. The summed E-state index contributed by atoms with van der Waals surface area (Å²) in [6.07, 6.45) is 9.62. The van der Waals surface area contributed by atoms with Crippen molar-refractivity contribution in [1.29, 1.82) is 0 Å². The van der Waals surface area contributed by atoms with Crippen LogP contribution in [0.1, 0.15) is 59.3 Å². The molecule has 0 aromatic carbocycles. The van der Waals surface area contributed by atoms with Crippen molar-refractivity contribution in [2.45, 2.75) is 69.5 Å². The smallest absolute Gasteiger partial charge is 0.139 e. The van der Waals surface area contributed by atoms with Crippen LogP contribution in [-0.4, -0.2) is 41.0 Å². The van der Waals surface area contributed by atoms with Gasteiger partial charge in [-0.05, 0) is 69.7 Å². The van der Waals surface area contributed by atoms with Crippen LogP contribution in [0.4, 0.5) is 4.39 Å². The van der Waals surface area contributed by atoms with Crippen molar-refractivity contribution >= 4 is 10.9 Å². The van der Waals surface area contributed by atoms with Crippen LogP contribution >= 0.6 is 10.9 Å². The molecule has 0 aromatic rings. The summed E-state index contributed by atoms with van der Waals surface area (Å²) in [5.74, 6) is 1.12. The highest BCUT2D eigenvalue weighted by Gasteiger charge is 2.42. The minimum atomic E-state index is -0.906. The average molecular weight is 304 g/mol. The topological polar surface area (TPSA) is 3.24 Å². The van der Waals surface area contributed by atoms with Crippen LogP contribution < -0.4 is 0 Å². The molecule has 0 aromatic heterocycles. The molecule has 1 saturated heterocycles. The fourth-order valence-electron chi connectivity index (χ4n) is 4.17. The summed E-state index contributed by atoms with van der Waals surface area (Å²) in [6, 6.07) is 0. The lowest BCUT2D eigenvalue weighted by molar-refractivity contribution is 0.112. The maximum Gasteiger partial charge on any atom is 0.139 e. The maximum atomic E-state index is 15.5. The van der Waals surface area contributed by atoms with E-state index in [4.69, 9.17) is 0 Å². The summed E-state index contributed by atoms with van der Waals surface area (Å²) in [5, 5.41) is -0.232. The lowest BCUT2D eigenvalue weighted by Crippen LogP contribution is -2.42. The molecule has 20 heavy (non-hydrogen) atoms. The van der Waals surface area contributed by atoms with E-state index in [1.807, 2.05) is 6.92 Å². The zero-order chi connectivity index (χ0) is 14.8. The lowest BCUT2D eigenvalue weighted by Gasteiger charge is -2.47. The second-order valence-electron chi connectivity index (χ2n) is 7.27. The Morgan fingerprint density at radius 1 is 1.20 bits per heavy atom. The molecule has 1 aliphatic carbocycles. The SMILES string of the molecule is CCN1CCC(C(C)(F)[SH](C)C2CCCC(C)C2)CC1. The van der Waals surface area contributed by atoms with Gasteiger partial charge in [0.25, 0.3) is 0 Å². The van der Waals surface area contributed by atoms with E-state index in [-0.39, 0.29) is 0 Å². The van der Waals surface area contributed by atoms with Gasteiger partial charge in [-0.2, -0.15) is 0 Å². The van der Waals surface area contributed by atoms with E-state index < -0.39 is 15.9 Å². The summed E-state index contributed by atoms with van der Waals surface area (Å²) in [6.45, 7) is 9.83. The fourth-order valence-corrected chi connectivity index (χ4v) is 6.97. The van der Waals surface area contributed by atoms with Crippen molar-refractivity contribution < 1.29 is 4.39 Å². The highest BCUT2D eigenvalue weighted by molar-refractivity contribution is 8.18. The van der Waals surface area contributed by atoms with Gasteiger partial charge in [-0.3, -0.25) is 0 Å². The molecule has 3 heteroatoms. The van der Waals surface area contributed by atoms with E-state index in [0.717, 1.165) is 38.4 Å². The number of hydrogen-bond donors (Lipinski definition) is 1. The Morgan fingerprint density at radius 3 is 2.40 bits per heavy atom. The minimum Gasteiger partial charge on any atom is -0.304 e. The molecule has 1 saturated carbocycles. The van der Waals surface area contributed by atoms with Crippen LogP contribution in [0.25, 0.3) is 0 Å². The first-order valence-electron chi connectivity index (χ1n) is 8.59. The molecule has 2 rings (SSSR count). The van der Waals surface area contributed by atoms with Gasteiger partial charge in [0.15, 0.2) is 0 Å². The number of piperidine rings is 1. The quantitative estimate of drug-likeness (QED) is 0.742. The molecule has 4 unspecified atom stereocenters. The van der Waals surface area contributed by atoms with Crippen LogP contribution in [0.15, 0.2) is 0 Å². The van der Waals surface area contributed by atoms with Gasteiger partial charge in [0, 0.05) is 5.92 Å². The maximum absolute atomic E-state index is 15.5. The second kappa shape index (κ2) is 7.00. The Hall–Kier alpha value is 0.240. The summed E-state index contributed by atoms with van der Waals surface area (Å²) in [7, 11) is -0.495. The molecule has 2 aliphatic rings. The summed E-state index contributed by atoms with van der Waals surface area (Å²) in [4.78, 5) is 2.47. The third-order valence-corrected chi connectivity index (χ3v) is 9.23. The third-order valence-electron chi connectivity index (χ3n) is 5.93. The first-order chi connectivity index (χ1) is 9.45. The molecule has 0 spiro atoms. The van der Waals surface area contributed by atoms with Crippen LogP contribution in [0.5, 0.6) is 0 Å². The van der Waals surface area contributed by atoms with Crippen LogP contribution in [-0.2, 0) is 0 Å². The van der Waals surface area contributed by atoms with E-state index >= 15 is 4.39 Å². The Kier molecular flexibility index (Phi) is 5.81. The minimum absolute atomic E-state index is 0.304. The molecule has 1 heterocycles. The molecule has 0 amide bonds. The molecule has 2 fully saturated rings. The molecule has 0 N–H and O–H groups in total. The molecule has 4 atom stereocenters. The molecular weight excluding hydrogens is 269 g/mol. The summed E-state index contributed by atoms with van der Waals surface area (Å²) in [5.41, 5.74) is 0. The Labute approximate surface area is 128 Å². The van der Waals surface area contributed by atoms with Crippen molar-refractivity contribution in [3.63, 3.8) is 0 Å². The Morgan fingerprint density at radius 2 is 1.85 bits per heavy atom. The predicted molar refractivity (Wildman–Crippen MR) is 90.7 cm³/mol. The monoisotopic (exact) mass is 303 g/mol. The first-order valence-corrected chi connectivity index (χ1v) is 10.4. The van der Waals surface area contributed by atoms with Crippen molar-refractivity contribution in [3.8, 4) is 0 Å². The van der Waals surface area contributed by atoms with Crippen LogP contribution in [0, 0.1) is 11.8 Å². The highest BCUT2D eigenvalue weighted by Crippen LogP contribution is 2.54. The van der Waals surface area contributed by atoms with Gasteiger partial charge in [0.2, 0.25) is 0 Å². The zero-order valence-corrected chi connectivity index (χ0v) is 14.8. The number of likely N-dealkylation sites (tertiary alicyclic amines) is 1. The summed E-state index contributed by atoms with van der Waals surface area (Å²) < 4.78 is 15.5. The van der Waals surface area contributed by atoms with E-state index in [1.54, 1.807) is 0 Å². The average Bonchev–Trinajstić information content (AvgIpc) is 2.46. The van der Waals surface area contributed by atoms with Crippen molar-refractivity contribution in [2.24, 2.45) is 11.8 Å². The van der Waals surface area contributed by atoms with Gasteiger partial charge in [0.1, 0.15) is 5.00 Å². The largest absolute Gasteiger partial charge is 0.304 e. The van der Waals surface area contributed by atoms with Crippen molar-refractivity contribution in [3.05, 3.63) is 0 Å². The molecule has 0 bridgehead atoms. The third kappa shape index (κ3) is 3.71. The molecule has 120 valence electrons. The number of alkyl halides is 1. The van der Waals surface area contributed by atoms with Gasteiger partial charge in [-0.1, -0.05) is 26.7 Å². The molecular formula is C17H34FNS. The zero-order valence-electron chi connectivity index (χ0n) is 13.9. The Balaban J connectivity index is 1.94. The number of hydrogen-bond acceptors (Lipinski definition) is 1. The van der Waals surface area contributed by atoms with Gasteiger partial charge in [-0.25, -0.2) is 15.3 Å². The number of rotatable bonds is 4. The first kappa shape index (κ1) is 16.6. The normalized spacial score (nSPS) is 35.5. The number of halogens is 1. The van der Waals surface area contributed by atoms with E-state index in [0.29, 0.717) is 11.2 Å². The van der Waals surface area contributed by atoms with Gasteiger partial charge >= 0.3 is 0 Å². The van der Waals surface area contributed by atoms with Crippen LogP contribution in [0.2, 0.25) is 0 Å². The number of thiol groups is 1. The molecule has 1 aliphatic heterocycles. The fraction of sp³-hybridized carbons (Fsp3) is 1.00. The lowest BCUT2D eigenvalue weighted by atomic mass is 9.90. The van der Waals surface area contributed by atoms with Crippen LogP contribution in [0.3, 0.4) is 0 Å². The van der Waals surface area contributed by atoms with Gasteiger partial charge in [0.05, 0.1) is 0 Å². The molecule has 1 nitrogen and oxygen atoms in total. The highest BCUT2D eigenvalue weighted by atomic mass is 32.2. The van der Waals surface area contributed by atoms with E-state index in [9.17, 15) is 0 Å². The van der Waals surface area contributed by atoms with E-state index in [2.05, 4.69) is 25.0 Å². The Bertz CT molecular complexity index is 299.